The molecule has 5 nitrogen and oxygen atoms in total. The fraction of sp³-hybridized carbons (Fsp3) is 0.450. The molecule has 2 bridgehead atoms. The molecule has 5 heteroatoms. The molecule has 3 atom stereocenters. The molecule has 1 aromatic rings. The van der Waals surface area contributed by atoms with Crippen molar-refractivity contribution in [3.05, 3.63) is 52.7 Å². The summed E-state index contributed by atoms with van der Waals surface area (Å²) in [7, 11) is 1.45. The summed E-state index contributed by atoms with van der Waals surface area (Å²) >= 11 is 0. The average molecular weight is 338 g/mol. The summed E-state index contributed by atoms with van der Waals surface area (Å²) in [5, 5.41) is 13.0. The Hall–Kier alpha value is -2.11. The number of nitrogens with one attached hydrogen (secondary N) is 1. The number of methoxy groups -OCH3 is 1. The van der Waals surface area contributed by atoms with E-state index in [0.717, 1.165) is 48.5 Å². The minimum atomic E-state index is -0.248. The van der Waals surface area contributed by atoms with Crippen LogP contribution in [0.15, 0.2) is 47.2 Å². The number of rotatable bonds is 2. The lowest BCUT2D eigenvalue weighted by Crippen LogP contribution is -2.53. The second kappa shape index (κ2) is 5.19. The maximum atomic E-state index is 12.8. The van der Waals surface area contributed by atoms with Crippen molar-refractivity contribution in [1.82, 2.24) is 4.90 Å². The highest BCUT2D eigenvalue weighted by molar-refractivity contribution is 5.94. The molecule has 1 spiro atoms. The van der Waals surface area contributed by atoms with E-state index >= 15 is 0 Å². The van der Waals surface area contributed by atoms with Gasteiger partial charge >= 0.3 is 5.97 Å². The first-order chi connectivity index (χ1) is 12.2. The van der Waals surface area contributed by atoms with Gasteiger partial charge < -0.3 is 15.2 Å². The van der Waals surface area contributed by atoms with Crippen LogP contribution in [0.2, 0.25) is 0 Å². The Bertz CT molecular complexity index is 828. The van der Waals surface area contributed by atoms with Crippen molar-refractivity contribution in [1.29, 1.82) is 0 Å². The largest absolute Gasteiger partial charge is 0.466 e. The number of carbonyl (C=O) groups is 1. The number of aliphatic hydroxyl groups excluding tert-OH is 1. The van der Waals surface area contributed by atoms with Crippen LogP contribution in [0.1, 0.15) is 18.4 Å². The molecule has 130 valence electrons. The van der Waals surface area contributed by atoms with Gasteiger partial charge in [-0.25, -0.2) is 4.79 Å². The Morgan fingerprint density at radius 1 is 1.48 bits per heavy atom. The Balaban J connectivity index is 1.79. The summed E-state index contributed by atoms with van der Waals surface area (Å²) in [4.78, 5) is 15.3. The highest BCUT2D eigenvalue weighted by Crippen LogP contribution is 2.61. The van der Waals surface area contributed by atoms with E-state index in [4.69, 9.17) is 4.74 Å². The maximum Gasteiger partial charge on any atom is 0.336 e. The van der Waals surface area contributed by atoms with Crippen molar-refractivity contribution >= 4 is 11.7 Å². The van der Waals surface area contributed by atoms with E-state index in [1.165, 1.54) is 12.7 Å². The number of nitrogens with zero attached hydrogens (tertiary/aromatic N) is 1. The van der Waals surface area contributed by atoms with Gasteiger partial charge in [0.15, 0.2) is 0 Å². The van der Waals surface area contributed by atoms with Gasteiger partial charge in [0.2, 0.25) is 0 Å². The molecule has 4 aliphatic rings. The molecule has 0 unspecified atom stereocenters. The third-order valence-electron chi connectivity index (χ3n) is 6.59. The van der Waals surface area contributed by atoms with Crippen molar-refractivity contribution in [3.8, 4) is 0 Å². The summed E-state index contributed by atoms with van der Waals surface area (Å²) < 4.78 is 5.18. The Morgan fingerprint density at radius 2 is 2.32 bits per heavy atom. The molecule has 3 heterocycles. The number of piperidine rings is 1. The molecule has 2 fully saturated rings. The van der Waals surface area contributed by atoms with Gasteiger partial charge in [0, 0.05) is 36.4 Å². The van der Waals surface area contributed by atoms with Crippen molar-refractivity contribution in [2.24, 2.45) is 5.92 Å². The normalized spacial score (nSPS) is 33.9. The molecule has 2 saturated heterocycles. The molecule has 3 aliphatic heterocycles. The Kier molecular flexibility index (Phi) is 3.15. The summed E-state index contributed by atoms with van der Waals surface area (Å²) in [6.45, 7) is 1.84. The predicted octanol–water partition coefficient (Wildman–Crippen LogP) is 1.80. The van der Waals surface area contributed by atoms with Gasteiger partial charge in [-0.3, -0.25) is 4.90 Å². The third kappa shape index (κ3) is 1.77. The number of hydrogen-bond donors (Lipinski definition) is 2. The van der Waals surface area contributed by atoms with E-state index in [1.807, 2.05) is 12.1 Å². The lowest BCUT2D eigenvalue weighted by atomic mass is 9.62. The standard InChI is InChI=1S/C20H22N2O3/c1-25-19(24)17-13-10-16-20(7-8-22(16)11-12(13)6-9-23)14-4-2-3-5-15(14)21-18(17)20/h2-6,13,16,21,23H,7-11H2,1H3/b12-6+/t13-,16-,20+/m0/s1. The van der Waals surface area contributed by atoms with E-state index in [0.29, 0.717) is 6.04 Å². The van der Waals surface area contributed by atoms with Crippen LogP contribution < -0.4 is 5.32 Å². The minimum absolute atomic E-state index is 0.00687. The fourth-order valence-electron chi connectivity index (χ4n) is 5.64. The number of benzene rings is 1. The van der Waals surface area contributed by atoms with Crippen molar-refractivity contribution in [2.75, 3.05) is 32.1 Å². The first-order valence-electron chi connectivity index (χ1n) is 8.94. The molecule has 25 heavy (non-hydrogen) atoms. The van der Waals surface area contributed by atoms with E-state index in [9.17, 15) is 9.90 Å². The molecule has 0 saturated carbocycles. The van der Waals surface area contributed by atoms with Gasteiger partial charge in [-0.05, 0) is 24.5 Å². The zero-order valence-electron chi connectivity index (χ0n) is 14.3. The van der Waals surface area contributed by atoms with E-state index < -0.39 is 0 Å². The summed E-state index contributed by atoms with van der Waals surface area (Å²) in [5.41, 5.74) is 5.23. The van der Waals surface area contributed by atoms with Crippen LogP contribution in [0.4, 0.5) is 5.69 Å². The number of anilines is 1. The van der Waals surface area contributed by atoms with Crippen LogP contribution in [0.25, 0.3) is 0 Å². The average Bonchev–Trinajstić information content (AvgIpc) is 3.18. The number of esters is 1. The molecule has 0 radical (unpaired) electrons. The van der Waals surface area contributed by atoms with Gasteiger partial charge in [-0.1, -0.05) is 29.8 Å². The van der Waals surface area contributed by atoms with Crippen molar-refractivity contribution in [2.45, 2.75) is 24.3 Å². The quantitative estimate of drug-likeness (QED) is 0.636. The molecule has 0 amide bonds. The Morgan fingerprint density at radius 3 is 3.12 bits per heavy atom. The smallest absolute Gasteiger partial charge is 0.336 e. The maximum absolute atomic E-state index is 12.8. The zero-order chi connectivity index (χ0) is 17.2. The van der Waals surface area contributed by atoms with Crippen LogP contribution in [0, 0.1) is 5.92 Å². The SMILES string of the molecule is COC(=O)C1=C2Nc3ccccc3[C@@]23CCN2C/C(=C\CO)[C@@H]1C[C@H]23. The number of fused-ring (bicyclic) bond motifs is 2. The summed E-state index contributed by atoms with van der Waals surface area (Å²) in [6.07, 6.45) is 3.80. The highest BCUT2D eigenvalue weighted by Gasteiger charge is 2.62. The van der Waals surface area contributed by atoms with Crippen molar-refractivity contribution < 1.29 is 14.6 Å². The molecule has 1 aliphatic carbocycles. The first kappa shape index (κ1) is 15.2. The second-order valence-corrected chi connectivity index (χ2v) is 7.41. The fourth-order valence-corrected chi connectivity index (χ4v) is 5.64. The zero-order valence-corrected chi connectivity index (χ0v) is 14.3. The van der Waals surface area contributed by atoms with Gasteiger partial charge in [0.1, 0.15) is 0 Å². The molecule has 0 aromatic heterocycles. The van der Waals surface area contributed by atoms with Crippen LogP contribution in [0.3, 0.4) is 0 Å². The van der Waals surface area contributed by atoms with Gasteiger partial charge in [-0.2, -0.15) is 0 Å². The van der Waals surface area contributed by atoms with E-state index in [2.05, 4.69) is 28.4 Å². The van der Waals surface area contributed by atoms with E-state index in [1.54, 1.807) is 0 Å². The van der Waals surface area contributed by atoms with Gasteiger partial charge in [0.25, 0.3) is 0 Å². The molecular weight excluding hydrogens is 316 g/mol. The number of carbonyl (C=O) groups excluding carboxylic acids is 1. The second-order valence-electron chi connectivity index (χ2n) is 7.41. The third-order valence-corrected chi connectivity index (χ3v) is 6.59. The van der Waals surface area contributed by atoms with Gasteiger partial charge in [-0.15, -0.1) is 0 Å². The van der Waals surface area contributed by atoms with Crippen LogP contribution in [0.5, 0.6) is 0 Å². The monoisotopic (exact) mass is 338 g/mol. The lowest BCUT2D eigenvalue weighted by molar-refractivity contribution is -0.137. The summed E-state index contributed by atoms with van der Waals surface area (Å²) in [5.74, 6) is -0.216. The topological polar surface area (TPSA) is 61.8 Å². The Labute approximate surface area is 147 Å². The summed E-state index contributed by atoms with van der Waals surface area (Å²) in [6, 6.07) is 8.82. The highest BCUT2D eigenvalue weighted by atomic mass is 16.5. The number of ether oxygens (including phenoxy) is 1. The van der Waals surface area contributed by atoms with Crippen molar-refractivity contribution in [3.63, 3.8) is 0 Å². The minimum Gasteiger partial charge on any atom is -0.466 e. The number of hydrogen-bond acceptors (Lipinski definition) is 5. The number of aliphatic hydroxyl groups is 1. The molecule has 2 N–H and O–H groups in total. The predicted molar refractivity (Wildman–Crippen MR) is 94.0 cm³/mol. The van der Waals surface area contributed by atoms with Crippen LogP contribution in [-0.4, -0.2) is 48.8 Å². The number of para-hydroxylation sites is 1. The first-order valence-corrected chi connectivity index (χ1v) is 8.94. The lowest BCUT2D eigenvalue weighted by Gasteiger charge is -2.48. The van der Waals surface area contributed by atoms with E-state index in [-0.39, 0.29) is 23.9 Å². The van der Waals surface area contributed by atoms with Crippen LogP contribution in [-0.2, 0) is 14.9 Å². The molecule has 5 rings (SSSR count). The van der Waals surface area contributed by atoms with Gasteiger partial charge in [0.05, 0.1) is 24.7 Å². The molecular formula is C20H22N2O3. The molecule has 1 aromatic carbocycles. The van der Waals surface area contributed by atoms with Crippen LogP contribution >= 0.6 is 0 Å².